The summed E-state index contributed by atoms with van der Waals surface area (Å²) in [6.45, 7) is 6.49. The van der Waals surface area contributed by atoms with Gasteiger partial charge in [-0.1, -0.05) is 26.8 Å². The fraction of sp³-hybridized carbons (Fsp3) is 0.708. The number of aryl methyl sites for hydroxylation is 2. The highest BCUT2D eigenvalue weighted by molar-refractivity contribution is 5.74. The molecule has 1 aliphatic heterocycles. The maximum absolute atomic E-state index is 12.4. The standard InChI is InChI=1S/C24H37N3O5/c1-24(2,3)15-21(29)32-27(20(10-12-28)23(30)31)19-13-16(14-19)6-8-18-9-7-17-5-4-11-25-22(17)26-18/h7,9,16,19-20,28H,4-6,8,10-15H2,1-3H3,(H,25,26)(H,30,31)/t16?,19?,20-/m0/s1. The van der Waals surface area contributed by atoms with E-state index in [1.807, 2.05) is 20.8 Å². The highest BCUT2D eigenvalue weighted by Crippen LogP contribution is 2.37. The summed E-state index contributed by atoms with van der Waals surface area (Å²) in [5.41, 5.74) is 2.09. The van der Waals surface area contributed by atoms with Crippen molar-refractivity contribution < 1.29 is 24.6 Å². The quantitative estimate of drug-likeness (QED) is 0.469. The molecule has 32 heavy (non-hydrogen) atoms. The molecule has 3 rings (SSSR count). The zero-order chi connectivity index (χ0) is 23.3. The molecule has 2 heterocycles. The van der Waals surface area contributed by atoms with Gasteiger partial charge in [-0.05, 0) is 67.9 Å². The maximum atomic E-state index is 12.4. The molecule has 0 amide bonds. The van der Waals surface area contributed by atoms with E-state index in [2.05, 4.69) is 17.4 Å². The number of nitrogens with zero attached hydrogens (tertiary/aromatic N) is 2. The Hall–Kier alpha value is -2.19. The zero-order valence-electron chi connectivity index (χ0n) is 19.5. The first kappa shape index (κ1) is 24.5. The van der Waals surface area contributed by atoms with Crippen molar-refractivity contribution in [1.29, 1.82) is 0 Å². The molecule has 0 bridgehead atoms. The Morgan fingerprint density at radius 3 is 2.72 bits per heavy atom. The molecule has 0 unspecified atom stereocenters. The molecule has 2 aliphatic rings. The summed E-state index contributed by atoms with van der Waals surface area (Å²) in [5, 5.41) is 23.7. The minimum Gasteiger partial charge on any atom is -0.480 e. The Balaban J connectivity index is 1.56. The Morgan fingerprint density at radius 2 is 2.06 bits per heavy atom. The molecule has 8 nitrogen and oxygen atoms in total. The minimum atomic E-state index is -1.09. The van der Waals surface area contributed by atoms with Gasteiger partial charge >= 0.3 is 11.9 Å². The van der Waals surface area contributed by atoms with E-state index in [-0.39, 0.29) is 30.9 Å². The molecule has 0 radical (unpaired) electrons. The molecule has 1 saturated carbocycles. The fourth-order valence-corrected chi connectivity index (χ4v) is 4.46. The molecule has 8 heteroatoms. The lowest BCUT2D eigenvalue weighted by Crippen LogP contribution is -2.53. The first-order valence-electron chi connectivity index (χ1n) is 11.7. The van der Waals surface area contributed by atoms with Crippen molar-refractivity contribution in [3.8, 4) is 0 Å². The number of aliphatic carboxylic acids is 1. The highest BCUT2D eigenvalue weighted by atomic mass is 16.7. The molecule has 0 saturated heterocycles. The summed E-state index contributed by atoms with van der Waals surface area (Å²) in [6, 6.07) is 3.08. The van der Waals surface area contributed by atoms with Gasteiger partial charge in [-0.2, -0.15) is 0 Å². The number of anilines is 1. The largest absolute Gasteiger partial charge is 0.480 e. The molecule has 1 fully saturated rings. The second-order valence-corrected chi connectivity index (χ2v) is 10.3. The Bertz CT molecular complexity index is 801. The number of pyridine rings is 1. The lowest BCUT2D eigenvalue weighted by molar-refractivity contribution is -0.235. The number of hydroxylamine groups is 2. The van der Waals surface area contributed by atoms with Crippen LogP contribution in [0.15, 0.2) is 12.1 Å². The van der Waals surface area contributed by atoms with Gasteiger partial charge in [0, 0.05) is 24.9 Å². The van der Waals surface area contributed by atoms with Crippen LogP contribution < -0.4 is 5.32 Å². The summed E-state index contributed by atoms with van der Waals surface area (Å²) in [4.78, 5) is 34.5. The van der Waals surface area contributed by atoms with Crippen LogP contribution in [0.5, 0.6) is 0 Å². The number of aromatic nitrogens is 1. The van der Waals surface area contributed by atoms with Gasteiger partial charge in [-0.3, -0.25) is 9.59 Å². The van der Waals surface area contributed by atoms with Gasteiger partial charge in [-0.25, -0.2) is 4.98 Å². The molecular weight excluding hydrogens is 410 g/mol. The van der Waals surface area contributed by atoms with E-state index in [1.54, 1.807) is 0 Å². The second-order valence-electron chi connectivity index (χ2n) is 10.3. The lowest BCUT2D eigenvalue weighted by atomic mass is 9.76. The Kier molecular flexibility index (Phi) is 8.11. The van der Waals surface area contributed by atoms with Crippen LogP contribution in [-0.2, 0) is 27.3 Å². The van der Waals surface area contributed by atoms with Gasteiger partial charge in [0.15, 0.2) is 0 Å². The average Bonchev–Trinajstić information content (AvgIpc) is 2.68. The van der Waals surface area contributed by atoms with Crippen LogP contribution in [0.2, 0.25) is 0 Å². The predicted octanol–water partition coefficient (Wildman–Crippen LogP) is 3.18. The van der Waals surface area contributed by atoms with Crippen molar-refractivity contribution in [3.05, 3.63) is 23.4 Å². The topological polar surface area (TPSA) is 112 Å². The molecular formula is C24H37N3O5. The third-order valence-electron chi connectivity index (χ3n) is 6.21. The molecule has 0 spiro atoms. The van der Waals surface area contributed by atoms with Gasteiger partial charge in [0.2, 0.25) is 0 Å². The van der Waals surface area contributed by atoms with Crippen LogP contribution >= 0.6 is 0 Å². The third-order valence-corrected chi connectivity index (χ3v) is 6.21. The first-order valence-corrected chi connectivity index (χ1v) is 11.7. The average molecular weight is 448 g/mol. The Labute approximate surface area is 190 Å². The number of carbonyl (C=O) groups is 2. The number of fused-ring (bicyclic) bond motifs is 1. The van der Waals surface area contributed by atoms with Crippen molar-refractivity contribution in [1.82, 2.24) is 10.0 Å². The van der Waals surface area contributed by atoms with Crippen LogP contribution in [0.1, 0.15) is 70.6 Å². The summed E-state index contributed by atoms with van der Waals surface area (Å²) < 4.78 is 0. The van der Waals surface area contributed by atoms with E-state index >= 15 is 0 Å². The normalized spacial score (nSPS) is 21.3. The summed E-state index contributed by atoms with van der Waals surface area (Å²) >= 11 is 0. The van der Waals surface area contributed by atoms with E-state index in [4.69, 9.17) is 9.82 Å². The van der Waals surface area contributed by atoms with E-state index < -0.39 is 18.0 Å². The minimum absolute atomic E-state index is 0.0192. The zero-order valence-corrected chi connectivity index (χ0v) is 19.5. The third kappa shape index (κ3) is 6.65. The van der Waals surface area contributed by atoms with Gasteiger partial charge in [-0.15, -0.1) is 5.06 Å². The van der Waals surface area contributed by atoms with E-state index in [0.717, 1.165) is 56.6 Å². The van der Waals surface area contributed by atoms with Crippen LogP contribution in [0, 0.1) is 11.3 Å². The van der Waals surface area contributed by atoms with E-state index in [1.165, 1.54) is 10.6 Å². The molecule has 1 atom stereocenters. The van der Waals surface area contributed by atoms with Crippen LogP contribution in [0.4, 0.5) is 5.82 Å². The number of rotatable bonds is 10. The second kappa shape index (κ2) is 10.6. The molecule has 0 aromatic carbocycles. The number of carbonyl (C=O) groups excluding carboxylic acids is 1. The van der Waals surface area contributed by atoms with Crippen molar-refractivity contribution in [2.45, 2.75) is 84.2 Å². The SMILES string of the molecule is CC(C)(C)CC(=O)ON(C1CC(CCc2ccc3c(n2)NCCC3)C1)[C@@H](CCO)C(=O)O. The first-order chi connectivity index (χ1) is 15.2. The van der Waals surface area contributed by atoms with Gasteiger partial charge in [0.25, 0.3) is 0 Å². The van der Waals surface area contributed by atoms with Crippen LogP contribution in [-0.4, -0.2) is 57.4 Å². The van der Waals surface area contributed by atoms with Crippen LogP contribution in [0.25, 0.3) is 0 Å². The number of carboxylic acids is 1. The molecule has 1 aliphatic carbocycles. The number of hydrogen-bond acceptors (Lipinski definition) is 7. The summed E-state index contributed by atoms with van der Waals surface area (Å²) in [7, 11) is 0. The van der Waals surface area contributed by atoms with Crippen molar-refractivity contribution in [2.75, 3.05) is 18.5 Å². The van der Waals surface area contributed by atoms with Gasteiger partial charge in [0.05, 0.1) is 6.42 Å². The monoisotopic (exact) mass is 447 g/mol. The summed E-state index contributed by atoms with van der Waals surface area (Å²) in [5.74, 6) is -0.0867. The number of aliphatic hydroxyl groups excluding tert-OH is 1. The van der Waals surface area contributed by atoms with Crippen LogP contribution in [0.3, 0.4) is 0 Å². The predicted molar refractivity (Wildman–Crippen MR) is 121 cm³/mol. The lowest BCUT2D eigenvalue weighted by Gasteiger charge is -2.43. The molecule has 3 N–H and O–H groups in total. The Morgan fingerprint density at radius 1 is 1.31 bits per heavy atom. The van der Waals surface area contributed by atoms with Crippen molar-refractivity contribution in [2.24, 2.45) is 11.3 Å². The van der Waals surface area contributed by atoms with E-state index in [0.29, 0.717) is 5.92 Å². The highest BCUT2D eigenvalue weighted by Gasteiger charge is 2.42. The van der Waals surface area contributed by atoms with Crippen molar-refractivity contribution in [3.63, 3.8) is 0 Å². The number of hydrogen-bond donors (Lipinski definition) is 3. The molecule has 1 aromatic heterocycles. The maximum Gasteiger partial charge on any atom is 0.325 e. The smallest absolute Gasteiger partial charge is 0.325 e. The summed E-state index contributed by atoms with van der Waals surface area (Å²) in [6.07, 6.45) is 5.79. The number of carboxylic acid groups (broad SMARTS) is 1. The molecule has 1 aromatic rings. The van der Waals surface area contributed by atoms with Gasteiger partial charge < -0.3 is 20.4 Å². The van der Waals surface area contributed by atoms with Gasteiger partial charge in [0.1, 0.15) is 11.9 Å². The van der Waals surface area contributed by atoms with E-state index in [9.17, 15) is 19.8 Å². The van der Waals surface area contributed by atoms with Crippen molar-refractivity contribution >= 4 is 17.8 Å². The number of nitrogens with one attached hydrogen (secondary N) is 1. The fourth-order valence-electron chi connectivity index (χ4n) is 4.46. The molecule has 178 valence electrons. The number of aliphatic hydroxyl groups is 1.